The topological polar surface area (TPSA) is 115 Å². The largest absolute Gasteiger partial charge is 0.363 e. The Kier molecular flexibility index (Phi) is 5.82. The number of Topliss-reactive ketones (excluding diaryl/α,β-unsaturated/α-hetero) is 1. The second-order valence-electron chi connectivity index (χ2n) is 6.42. The van der Waals surface area contributed by atoms with Crippen molar-refractivity contribution in [3.63, 3.8) is 0 Å². The molecule has 0 fully saturated rings. The standard InChI is InChI=1S/C21H18FN3O4/c1-12-17(19(29-25-12)14-5-3-2-4-6-14)21(28)24-16(18(26)20(23)27)11-13-7-9-15(22)10-8-13/h2-10,16H,11H2,1H3,(H2,23,27)(H,24,28). The predicted octanol–water partition coefficient (Wildman–Crippen LogP) is 2.18. The van der Waals surface area contributed by atoms with E-state index < -0.39 is 29.5 Å². The van der Waals surface area contributed by atoms with E-state index in [0.29, 0.717) is 16.8 Å². The van der Waals surface area contributed by atoms with Gasteiger partial charge in [0.25, 0.3) is 11.8 Å². The molecule has 8 heteroatoms. The van der Waals surface area contributed by atoms with Crippen LogP contribution in [-0.2, 0) is 16.0 Å². The van der Waals surface area contributed by atoms with Gasteiger partial charge >= 0.3 is 0 Å². The molecule has 0 bridgehead atoms. The van der Waals surface area contributed by atoms with Gasteiger partial charge in [-0.05, 0) is 24.6 Å². The predicted molar refractivity (Wildman–Crippen MR) is 102 cm³/mol. The van der Waals surface area contributed by atoms with E-state index in [4.69, 9.17) is 10.3 Å². The zero-order valence-corrected chi connectivity index (χ0v) is 15.5. The number of ketones is 1. The molecule has 3 N–H and O–H groups in total. The number of carbonyl (C=O) groups excluding carboxylic acids is 3. The summed E-state index contributed by atoms with van der Waals surface area (Å²) in [5.41, 5.74) is 6.79. The first-order chi connectivity index (χ1) is 13.9. The summed E-state index contributed by atoms with van der Waals surface area (Å²) in [4.78, 5) is 36.6. The first-order valence-electron chi connectivity index (χ1n) is 8.77. The number of halogens is 1. The summed E-state index contributed by atoms with van der Waals surface area (Å²) in [6.07, 6.45) is -0.0290. The lowest BCUT2D eigenvalue weighted by atomic mass is 10.0. The van der Waals surface area contributed by atoms with Crippen LogP contribution in [0.3, 0.4) is 0 Å². The number of hydrogen-bond donors (Lipinski definition) is 2. The van der Waals surface area contributed by atoms with E-state index in [1.807, 2.05) is 6.07 Å². The van der Waals surface area contributed by atoms with Crippen LogP contribution in [0.15, 0.2) is 59.1 Å². The average Bonchev–Trinajstić information content (AvgIpc) is 3.10. The monoisotopic (exact) mass is 395 g/mol. The van der Waals surface area contributed by atoms with Crippen LogP contribution in [0.4, 0.5) is 4.39 Å². The van der Waals surface area contributed by atoms with Crippen molar-refractivity contribution in [3.05, 3.63) is 77.2 Å². The fourth-order valence-corrected chi connectivity index (χ4v) is 2.89. The molecule has 7 nitrogen and oxygen atoms in total. The highest BCUT2D eigenvalue weighted by atomic mass is 19.1. The molecule has 1 aromatic heterocycles. The zero-order valence-electron chi connectivity index (χ0n) is 15.5. The van der Waals surface area contributed by atoms with Crippen LogP contribution in [-0.4, -0.2) is 28.8 Å². The Hall–Kier alpha value is -3.81. The van der Waals surface area contributed by atoms with Gasteiger partial charge in [-0.25, -0.2) is 4.39 Å². The molecule has 3 aromatic rings. The van der Waals surface area contributed by atoms with Crippen molar-refractivity contribution >= 4 is 17.6 Å². The summed E-state index contributed by atoms with van der Waals surface area (Å²) in [6.45, 7) is 1.59. The van der Waals surface area contributed by atoms with E-state index >= 15 is 0 Å². The SMILES string of the molecule is Cc1noc(-c2ccccc2)c1C(=O)NC(Cc1ccc(F)cc1)C(=O)C(N)=O. The fraction of sp³-hybridized carbons (Fsp3) is 0.143. The number of aryl methyl sites for hydroxylation is 1. The van der Waals surface area contributed by atoms with Gasteiger partial charge in [0.05, 0.1) is 5.69 Å². The van der Waals surface area contributed by atoms with Crippen molar-refractivity contribution in [1.82, 2.24) is 10.5 Å². The maximum atomic E-state index is 13.1. The zero-order chi connectivity index (χ0) is 21.0. The highest BCUT2D eigenvalue weighted by Gasteiger charge is 2.29. The first-order valence-corrected chi connectivity index (χ1v) is 8.77. The number of nitrogens with two attached hydrogens (primary N) is 1. The van der Waals surface area contributed by atoms with Gasteiger partial charge in [0, 0.05) is 12.0 Å². The van der Waals surface area contributed by atoms with Crippen LogP contribution in [0.5, 0.6) is 0 Å². The highest BCUT2D eigenvalue weighted by molar-refractivity contribution is 6.38. The van der Waals surface area contributed by atoms with Gasteiger partial charge in [-0.3, -0.25) is 14.4 Å². The molecule has 0 saturated heterocycles. The van der Waals surface area contributed by atoms with E-state index in [1.54, 1.807) is 31.2 Å². The van der Waals surface area contributed by atoms with Crippen molar-refractivity contribution in [1.29, 1.82) is 0 Å². The lowest BCUT2D eigenvalue weighted by Crippen LogP contribution is -2.47. The van der Waals surface area contributed by atoms with Crippen molar-refractivity contribution in [3.8, 4) is 11.3 Å². The van der Waals surface area contributed by atoms with Crippen molar-refractivity contribution in [2.24, 2.45) is 5.73 Å². The Morgan fingerprint density at radius 2 is 1.76 bits per heavy atom. The number of amides is 2. The smallest absolute Gasteiger partial charge is 0.287 e. The molecule has 0 aliphatic carbocycles. The molecule has 148 valence electrons. The Bertz CT molecular complexity index is 1050. The third-order valence-corrected chi connectivity index (χ3v) is 4.34. The maximum Gasteiger partial charge on any atom is 0.287 e. The van der Waals surface area contributed by atoms with Gasteiger partial charge in [0.15, 0.2) is 5.76 Å². The molecule has 1 atom stereocenters. The Morgan fingerprint density at radius 1 is 1.10 bits per heavy atom. The summed E-state index contributed by atoms with van der Waals surface area (Å²) in [7, 11) is 0. The summed E-state index contributed by atoms with van der Waals surface area (Å²) in [5, 5.41) is 6.37. The molecule has 3 rings (SSSR count). The number of hydrogen-bond acceptors (Lipinski definition) is 5. The van der Waals surface area contributed by atoms with Crippen molar-refractivity contribution in [2.75, 3.05) is 0 Å². The summed E-state index contributed by atoms with van der Waals surface area (Å²) >= 11 is 0. The minimum atomic E-state index is -1.22. The normalized spacial score (nSPS) is 11.7. The number of benzene rings is 2. The number of nitrogens with one attached hydrogen (secondary N) is 1. The summed E-state index contributed by atoms with van der Waals surface area (Å²) in [5.74, 6) is -2.97. The van der Waals surface area contributed by atoms with Gasteiger partial charge in [-0.15, -0.1) is 0 Å². The van der Waals surface area contributed by atoms with E-state index in [2.05, 4.69) is 10.5 Å². The number of rotatable bonds is 7. The maximum absolute atomic E-state index is 13.1. The molecule has 2 amide bonds. The third-order valence-electron chi connectivity index (χ3n) is 4.34. The second kappa shape index (κ2) is 8.47. The average molecular weight is 395 g/mol. The van der Waals surface area contributed by atoms with Gasteiger partial charge < -0.3 is 15.6 Å². The van der Waals surface area contributed by atoms with Gasteiger partial charge in [0.2, 0.25) is 5.78 Å². The molecule has 1 heterocycles. The van der Waals surface area contributed by atoms with Gasteiger partial charge in [-0.2, -0.15) is 0 Å². The van der Waals surface area contributed by atoms with Gasteiger partial charge in [0.1, 0.15) is 17.4 Å². The van der Waals surface area contributed by atoms with E-state index in [-0.39, 0.29) is 17.7 Å². The molecule has 1 unspecified atom stereocenters. The Balaban J connectivity index is 1.89. The summed E-state index contributed by atoms with van der Waals surface area (Å²) in [6, 6.07) is 13.0. The molecule has 0 saturated carbocycles. The molecule has 0 radical (unpaired) electrons. The number of aromatic nitrogens is 1. The van der Waals surface area contributed by atoms with Crippen molar-refractivity contribution < 1.29 is 23.3 Å². The number of carbonyl (C=O) groups is 3. The molecular formula is C21H18FN3O4. The first kappa shape index (κ1) is 19.9. The van der Waals surface area contributed by atoms with E-state index in [1.165, 1.54) is 24.3 Å². The molecule has 0 aliphatic rings. The van der Waals surface area contributed by atoms with Crippen LogP contribution in [0.25, 0.3) is 11.3 Å². The highest BCUT2D eigenvalue weighted by Crippen LogP contribution is 2.26. The van der Waals surface area contributed by atoms with E-state index in [9.17, 15) is 18.8 Å². The molecule has 0 spiro atoms. The number of nitrogens with zero attached hydrogens (tertiary/aromatic N) is 1. The lowest BCUT2D eigenvalue weighted by Gasteiger charge is -2.16. The molecule has 2 aromatic carbocycles. The lowest BCUT2D eigenvalue weighted by molar-refractivity contribution is -0.137. The number of primary amides is 1. The Labute approximate surface area is 165 Å². The molecule has 0 aliphatic heterocycles. The molecular weight excluding hydrogens is 377 g/mol. The quantitative estimate of drug-likeness (QED) is 0.595. The van der Waals surface area contributed by atoms with Gasteiger partial charge in [-0.1, -0.05) is 47.6 Å². The van der Waals surface area contributed by atoms with Crippen LogP contribution < -0.4 is 11.1 Å². The van der Waals surface area contributed by atoms with Crippen molar-refractivity contribution in [2.45, 2.75) is 19.4 Å². The minimum Gasteiger partial charge on any atom is -0.363 e. The minimum absolute atomic E-state index is 0.0290. The Morgan fingerprint density at radius 3 is 2.38 bits per heavy atom. The fourth-order valence-electron chi connectivity index (χ4n) is 2.89. The third kappa shape index (κ3) is 4.55. The van der Waals surface area contributed by atoms with Crippen LogP contribution in [0, 0.1) is 12.7 Å². The van der Waals surface area contributed by atoms with Crippen LogP contribution in [0.2, 0.25) is 0 Å². The van der Waals surface area contributed by atoms with Crippen LogP contribution in [0.1, 0.15) is 21.6 Å². The second-order valence-corrected chi connectivity index (χ2v) is 6.42. The molecule has 29 heavy (non-hydrogen) atoms. The van der Waals surface area contributed by atoms with Crippen LogP contribution >= 0.6 is 0 Å². The summed E-state index contributed by atoms with van der Waals surface area (Å²) < 4.78 is 18.4. The van der Waals surface area contributed by atoms with E-state index in [0.717, 1.165) is 0 Å².